The van der Waals surface area contributed by atoms with Crippen LogP contribution < -0.4 is 5.32 Å². The topological polar surface area (TPSA) is 12.0 Å². The van der Waals surface area contributed by atoms with Gasteiger partial charge in [-0.15, -0.1) is 0 Å². The maximum Gasteiger partial charge on any atom is 0.0514 e. The monoisotopic (exact) mass is 399 g/mol. The van der Waals surface area contributed by atoms with Crippen molar-refractivity contribution in [3.05, 3.63) is 62.7 Å². The van der Waals surface area contributed by atoms with Gasteiger partial charge in [-0.3, -0.25) is 0 Å². The minimum atomic E-state index is 0.353. The van der Waals surface area contributed by atoms with Crippen LogP contribution in [0, 0.1) is 3.57 Å². The highest BCUT2D eigenvalue weighted by molar-refractivity contribution is 14.1. The lowest BCUT2D eigenvalue weighted by Gasteiger charge is -2.21. The molecule has 0 heterocycles. The summed E-state index contributed by atoms with van der Waals surface area (Å²) in [5, 5.41) is 4.44. The highest BCUT2D eigenvalue weighted by Crippen LogP contribution is 2.29. The molecule has 0 saturated heterocycles. The lowest BCUT2D eigenvalue weighted by Crippen LogP contribution is -2.11. The van der Waals surface area contributed by atoms with Crippen LogP contribution in [0.1, 0.15) is 37.8 Å². The summed E-state index contributed by atoms with van der Waals surface area (Å²) >= 11 is 8.35. The molecule has 0 aromatic heterocycles. The van der Waals surface area contributed by atoms with Gasteiger partial charge in [0.15, 0.2) is 0 Å². The summed E-state index contributed by atoms with van der Waals surface area (Å²) in [4.78, 5) is 0. The van der Waals surface area contributed by atoms with Crippen molar-refractivity contribution in [3.8, 4) is 0 Å². The molecule has 1 N–H and O–H groups in total. The third-order valence-electron chi connectivity index (χ3n) is 3.31. The Labute approximate surface area is 139 Å². The zero-order chi connectivity index (χ0) is 14.4. The number of halogens is 2. The molecule has 2 rings (SSSR count). The Hall–Kier alpha value is -0.740. The van der Waals surface area contributed by atoms with Gasteiger partial charge in [0.2, 0.25) is 0 Å². The molecule has 0 aliphatic heterocycles. The van der Waals surface area contributed by atoms with Crippen LogP contribution in [0.25, 0.3) is 0 Å². The van der Waals surface area contributed by atoms with E-state index in [4.69, 9.17) is 11.6 Å². The zero-order valence-electron chi connectivity index (χ0n) is 11.6. The first-order valence-electron chi connectivity index (χ1n) is 6.97. The molecule has 2 aromatic rings. The van der Waals surface area contributed by atoms with Gasteiger partial charge in [-0.2, -0.15) is 0 Å². The molecule has 3 heteroatoms. The van der Waals surface area contributed by atoms with E-state index in [-0.39, 0.29) is 0 Å². The highest BCUT2D eigenvalue weighted by Gasteiger charge is 2.12. The predicted molar refractivity (Wildman–Crippen MR) is 96.5 cm³/mol. The molecule has 20 heavy (non-hydrogen) atoms. The van der Waals surface area contributed by atoms with E-state index in [0.29, 0.717) is 6.04 Å². The molecule has 0 saturated carbocycles. The maximum absolute atomic E-state index is 6.02. The van der Waals surface area contributed by atoms with E-state index in [2.05, 4.69) is 71.2 Å². The summed E-state index contributed by atoms with van der Waals surface area (Å²) < 4.78 is 1.16. The number of nitrogens with one attached hydrogen (secondary N) is 1. The van der Waals surface area contributed by atoms with Crippen LogP contribution in [0.5, 0.6) is 0 Å². The van der Waals surface area contributed by atoms with Crippen molar-refractivity contribution in [2.24, 2.45) is 0 Å². The van der Waals surface area contributed by atoms with Crippen LogP contribution in [0.2, 0.25) is 5.02 Å². The van der Waals surface area contributed by atoms with Gasteiger partial charge in [0.05, 0.1) is 6.04 Å². The van der Waals surface area contributed by atoms with Crippen LogP contribution in [0.4, 0.5) is 5.69 Å². The minimum absolute atomic E-state index is 0.353. The standard InChI is InChI=1S/C17H19ClIN/c1-2-3-9-16(13-7-5-4-6-8-13)20-17-11-10-14(18)12-15(17)19/h4-8,10-12,16,20H,2-3,9H2,1H3. The van der Waals surface area contributed by atoms with Crippen LogP contribution >= 0.6 is 34.2 Å². The van der Waals surface area contributed by atoms with Gasteiger partial charge in [0.1, 0.15) is 0 Å². The molecule has 0 spiro atoms. The molecule has 106 valence electrons. The van der Waals surface area contributed by atoms with E-state index in [1.54, 1.807) is 0 Å². The van der Waals surface area contributed by atoms with Gasteiger partial charge in [-0.1, -0.05) is 61.7 Å². The Kier molecular flexibility index (Phi) is 6.17. The normalized spacial score (nSPS) is 12.2. The minimum Gasteiger partial charge on any atom is -0.377 e. The van der Waals surface area contributed by atoms with Crippen molar-refractivity contribution in [2.45, 2.75) is 32.2 Å². The summed E-state index contributed by atoms with van der Waals surface area (Å²) in [6.07, 6.45) is 3.57. The average molecular weight is 400 g/mol. The summed E-state index contributed by atoms with van der Waals surface area (Å²) in [6, 6.07) is 17.0. The number of benzene rings is 2. The van der Waals surface area contributed by atoms with E-state index in [1.807, 2.05) is 12.1 Å². The number of hydrogen-bond donors (Lipinski definition) is 1. The van der Waals surface area contributed by atoms with Crippen molar-refractivity contribution in [1.29, 1.82) is 0 Å². The van der Waals surface area contributed by atoms with Crippen LogP contribution in [-0.4, -0.2) is 0 Å². The van der Waals surface area contributed by atoms with Crippen LogP contribution in [-0.2, 0) is 0 Å². The van der Waals surface area contributed by atoms with Gasteiger partial charge in [-0.25, -0.2) is 0 Å². The number of hydrogen-bond acceptors (Lipinski definition) is 1. The zero-order valence-corrected chi connectivity index (χ0v) is 14.5. The molecule has 0 fully saturated rings. The van der Waals surface area contributed by atoms with E-state index in [9.17, 15) is 0 Å². The second-order valence-electron chi connectivity index (χ2n) is 4.87. The van der Waals surface area contributed by atoms with Gasteiger partial charge in [-0.05, 0) is 52.8 Å². The molecule has 1 unspecified atom stereocenters. The summed E-state index contributed by atoms with van der Waals surface area (Å²) in [5.74, 6) is 0. The van der Waals surface area contributed by atoms with Crippen LogP contribution in [0.3, 0.4) is 0 Å². The molecule has 1 nitrogen and oxygen atoms in total. The van der Waals surface area contributed by atoms with Gasteiger partial charge in [0, 0.05) is 14.3 Å². The average Bonchev–Trinajstić information content (AvgIpc) is 2.46. The molecule has 0 radical (unpaired) electrons. The lowest BCUT2D eigenvalue weighted by atomic mass is 10.0. The molecule has 2 aromatic carbocycles. The number of rotatable bonds is 6. The third-order valence-corrected chi connectivity index (χ3v) is 4.44. The second-order valence-corrected chi connectivity index (χ2v) is 6.47. The number of unbranched alkanes of at least 4 members (excludes halogenated alkanes) is 1. The first-order valence-corrected chi connectivity index (χ1v) is 8.43. The maximum atomic E-state index is 6.02. The smallest absolute Gasteiger partial charge is 0.0514 e. The molecule has 0 aliphatic rings. The molecular formula is C17H19ClIN. The van der Waals surface area contributed by atoms with Gasteiger partial charge >= 0.3 is 0 Å². The fraction of sp³-hybridized carbons (Fsp3) is 0.294. The summed E-state index contributed by atoms with van der Waals surface area (Å²) in [6.45, 7) is 2.23. The lowest BCUT2D eigenvalue weighted by molar-refractivity contribution is 0.634. The molecule has 0 amide bonds. The third kappa shape index (κ3) is 4.38. The fourth-order valence-corrected chi connectivity index (χ4v) is 3.24. The summed E-state index contributed by atoms with van der Waals surface area (Å²) in [5.41, 5.74) is 2.49. The largest absolute Gasteiger partial charge is 0.377 e. The molecule has 0 aliphatic carbocycles. The molecule has 0 bridgehead atoms. The van der Waals surface area contributed by atoms with E-state index in [0.717, 1.165) is 20.7 Å². The first-order chi connectivity index (χ1) is 9.70. The van der Waals surface area contributed by atoms with Crippen molar-refractivity contribution < 1.29 is 0 Å². The Balaban J connectivity index is 2.19. The van der Waals surface area contributed by atoms with Crippen molar-refractivity contribution in [2.75, 3.05) is 5.32 Å². The van der Waals surface area contributed by atoms with Gasteiger partial charge in [0.25, 0.3) is 0 Å². The van der Waals surface area contributed by atoms with Gasteiger partial charge < -0.3 is 5.32 Å². The first kappa shape index (κ1) is 15.6. The quantitative estimate of drug-likeness (QED) is 0.563. The Bertz CT molecular complexity index is 542. The van der Waals surface area contributed by atoms with E-state index >= 15 is 0 Å². The van der Waals surface area contributed by atoms with Crippen LogP contribution in [0.15, 0.2) is 48.5 Å². The molecular weight excluding hydrogens is 381 g/mol. The predicted octanol–water partition coefficient (Wildman–Crippen LogP) is 6.29. The fourth-order valence-electron chi connectivity index (χ4n) is 2.21. The Morgan fingerprint density at radius 2 is 1.90 bits per heavy atom. The Morgan fingerprint density at radius 3 is 2.55 bits per heavy atom. The highest BCUT2D eigenvalue weighted by atomic mass is 127. The van der Waals surface area contributed by atoms with Crippen molar-refractivity contribution in [1.82, 2.24) is 0 Å². The van der Waals surface area contributed by atoms with E-state index in [1.165, 1.54) is 18.4 Å². The van der Waals surface area contributed by atoms with Crippen molar-refractivity contribution in [3.63, 3.8) is 0 Å². The molecule has 1 atom stereocenters. The van der Waals surface area contributed by atoms with Crippen molar-refractivity contribution >= 4 is 39.9 Å². The van der Waals surface area contributed by atoms with E-state index < -0.39 is 0 Å². The second kappa shape index (κ2) is 7.89. The Morgan fingerprint density at radius 1 is 1.15 bits per heavy atom. The number of anilines is 1. The SMILES string of the molecule is CCCCC(Nc1ccc(Cl)cc1I)c1ccccc1. The summed E-state index contributed by atoms with van der Waals surface area (Å²) in [7, 11) is 0.